The molecule has 1 amide bonds. The van der Waals surface area contributed by atoms with Crippen molar-refractivity contribution >= 4 is 11.7 Å². The average Bonchev–Trinajstić information content (AvgIpc) is 2.57. The number of hydrogen-bond acceptors (Lipinski definition) is 5. The monoisotopic (exact) mass is 444 g/mol. The van der Waals surface area contributed by atoms with Gasteiger partial charge in [0.2, 0.25) is 5.91 Å². The van der Waals surface area contributed by atoms with Gasteiger partial charge < -0.3 is 24.9 Å². The molecule has 0 aromatic rings. The number of Topliss-reactive ketones (excluding diaryl/α,β-unsaturated/α-hetero) is 1. The van der Waals surface area contributed by atoms with Crippen LogP contribution in [0.15, 0.2) is 0 Å². The van der Waals surface area contributed by atoms with E-state index in [1.165, 1.54) is 0 Å². The summed E-state index contributed by atoms with van der Waals surface area (Å²) in [6.45, 7) is 24.3. The van der Waals surface area contributed by atoms with Crippen molar-refractivity contribution in [2.75, 3.05) is 33.4 Å². The second-order valence-corrected chi connectivity index (χ2v) is 10.9. The fourth-order valence-corrected chi connectivity index (χ4v) is 3.85. The van der Waals surface area contributed by atoms with Crippen LogP contribution in [0, 0.1) is 16.2 Å². The summed E-state index contributed by atoms with van der Waals surface area (Å²) in [6.07, 6.45) is 1.76. The largest absolute Gasteiger partial charge is 0.354 e. The van der Waals surface area contributed by atoms with Crippen LogP contribution in [0.5, 0.6) is 0 Å². The third-order valence-electron chi connectivity index (χ3n) is 5.22. The molecule has 186 valence electrons. The van der Waals surface area contributed by atoms with Gasteiger partial charge in [-0.2, -0.15) is 0 Å². The van der Waals surface area contributed by atoms with E-state index in [1.54, 1.807) is 6.92 Å². The molecular formula is C25H52N2O4. The van der Waals surface area contributed by atoms with Gasteiger partial charge in [0, 0.05) is 31.3 Å². The van der Waals surface area contributed by atoms with E-state index in [-0.39, 0.29) is 27.9 Å². The number of rotatable bonds is 14. The first-order valence-electron chi connectivity index (χ1n) is 11.7. The van der Waals surface area contributed by atoms with Crippen molar-refractivity contribution in [3.8, 4) is 0 Å². The van der Waals surface area contributed by atoms with E-state index in [1.807, 2.05) is 27.8 Å². The Bertz CT molecular complexity index is 524. The van der Waals surface area contributed by atoms with Gasteiger partial charge >= 0.3 is 0 Å². The SMILES string of the molecule is CC.CNCCOC(C)(OCCNC(=O)CC(C)(C)CC(C)(C)CC(C)=O)C(C)(C)C. The van der Waals surface area contributed by atoms with Gasteiger partial charge in [-0.05, 0) is 38.1 Å². The van der Waals surface area contributed by atoms with Crippen LogP contribution in [0.4, 0.5) is 0 Å². The Morgan fingerprint density at radius 3 is 1.65 bits per heavy atom. The number of carbonyl (C=O) groups is 2. The number of likely N-dealkylation sites (N-methyl/N-ethyl adjacent to an activating group) is 1. The Morgan fingerprint density at radius 2 is 1.23 bits per heavy atom. The Kier molecular flexibility index (Phi) is 14.8. The van der Waals surface area contributed by atoms with Crippen LogP contribution < -0.4 is 10.6 Å². The molecule has 0 rings (SSSR count). The summed E-state index contributed by atoms with van der Waals surface area (Å²) in [5, 5.41) is 6.02. The van der Waals surface area contributed by atoms with E-state index < -0.39 is 5.79 Å². The maximum Gasteiger partial charge on any atom is 0.220 e. The number of ether oxygens (including phenoxy) is 2. The first-order valence-corrected chi connectivity index (χ1v) is 11.7. The summed E-state index contributed by atoms with van der Waals surface area (Å²) in [4.78, 5) is 23.9. The predicted octanol–water partition coefficient (Wildman–Crippen LogP) is 4.96. The number of amides is 1. The molecule has 0 aromatic heterocycles. The Morgan fingerprint density at radius 1 is 0.774 bits per heavy atom. The van der Waals surface area contributed by atoms with Crippen LogP contribution in [0.25, 0.3) is 0 Å². The van der Waals surface area contributed by atoms with E-state index in [0.717, 1.165) is 13.0 Å². The summed E-state index contributed by atoms with van der Waals surface area (Å²) in [7, 11) is 1.89. The lowest BCUT2D eigenvalue weighted by Crippen LogP contribution is -2.47. The van der Waals surface area contributed by atoms with Gasteiger partial charge in [-0.25, -0.2) is 0 Å². The molecule has 0 fully saturated rings. The maximum absolute atomic E-state index is 12.4. The lowest BCUT2D eigenvalue weighted by molar-refractivity contribution is -0.276. The van der Waals surface area contributed by atoms with Gasteiger partial charge in [-0.3, -0.25) is 4.79 Å². The lowest BCUT2D eigenvalue weighted by atomic mass is 9.71. The van der Waals surface area contributed by atoms with E-state index in [0.29, 0.717) is 32.6 Å². The van der Waals surface area contributed by atoms with Crippen molar-refractivity contribution < 1.29 is 19.1 Å². The minimum atomic E-state index is -0.732. The Labute approximate surface area is 192 Å². The van der Waals surface area contributed by atoms with Gasteiger partial charge in [-0.15, -0.1) is 0 Å². The molecule has 0 aromatic carbocycles. The van der Waals surface area contributed by atoms with Crippen LogP contribution in [0.1, 0.15) is 95.4 Å². The molecule has 0 aliphatic carbocycles. The summed E-state index contributed by atoms with van der Waals surface area (Å²) in [5.74, 6) is -0.540. The van der Waals surface area contributed by atoms with Crippen molar-refractivity contribution in [3.05, 3.63) is 0 Å². The summed E-state index contributed by atoms with van der Waals surface area (Å²) in [5.41, 5.74) is -0.493. The molecule has 6 nitrogen and oxygen atoms in total. The van der Waals surface area contributed by atoms with Crippen LogP contribution in [-0.4, -0.2) is 50.8 Å². The fraction of sp³-hybridized carbons (Fsp3) is 0.920. The van der Waals surface area contributed by atoms with Crippen molar-refractivity contribution in [1.82, 2.24) is 10.6 Å². The predicted molar refractivity (Wildman–Crippen MR) is 130 cm³/mol. The van der Waals surface area contributed by atoms with Gasteiger partial charge in [0.15, 0.2) is 5.79 Å². The number of carbonyl (C=O) groups excluding carboxylic acids is 2. The standard InChI is InChI=1S/C23H46N2O4.C2H6/c1-18(26)15-21(5,6)17-22(7,8)16-19(27)25-12-14-29-23(9,20(2,3)4)28-13-11-24-10;1-2/h24H,11-17H2,1-10H3,(H,25,27);1-2H3. The third-order valence-corrected chi connectivity index (χ3v) is 5.22. The van der Waals surface area contributed by atoms with Crippen LogP contribution in [0.2, 0.25) is 0 Å². The molecule has 31 heavy (non-hydrogen) atoms. The molecular weight excluding hydrogens is 392 g/mol. The van der Waals surface area contributed by atoms with Crippen molar-refractivity contribution in [2.24, 2.45) is 16.2 Å². The average molecular weight is 445 g/mol. The molecule has 0 saturated carbocycles. The van der Waals surface area contributed by atoms with E-state index in [2.05, 4.69) is 59.1 Å². The molecule has 0 saturated heterocycles. The minimum Gasteiger partial charge on any atom is -0.354 e. The first kappa shape index (κ1) is 32.2. The van der Waals surface area contributed by atoms with E-state index in [9.17, 15) is 9.59 Å². The molecule has 1 atom stereocenters. The quantitative estimate of drug-likeness (QED) is 0.293. The van der Waals surface area contributed by atoms with Gasteiger partial charge in [0.1, 0.15) is 5.78 Å². The summed E-state index contributed by atoms with van der Waals surface area (Å²) < 4.78 is 12.0. The highest BCUT2D eigenvalue weighted by atomic mass is 16.7. The van der Waals surface area contributed by atoms with Crippen LogP contribution in [0.3, 0.4) is 0 Å². The fourth-order valence-electron chi connectivity index (χ4n) is 3.85. The zero-order chi connectivity index (χ0) is 24.9. The highest BCUT2D eigenvalue weighted by Gasteiger charge is 2.39. The molecule has 0 heterocycles. The molecule has 0 radical (unpaired) electrons. The van der Waals surface area contributed by atoms with E-state index >= 15 is 0 Å². The highest BCUT2D eigenvalue weighted by molar-refractivity contribution is 5.77. The molecule has 0 aliphatic rings. The molecule has 0 aliphatic heterocycles. The number of hydrogen-bond donors (Lipinski definition) is 2. The third kappa shape index (κ3) is 14.7. The lowest BCUT2D eigenvalue weighted by Gasteiger charge is -2.41. The zero-order valence-electron chi connectivity index (χ0n) is 22.6. The van der Waals surface area contributed by atoms with Crippen LogP contribution >= 0.6 is 0 Å². The van der Waals surface area contributed by atoms with Crippen molar-refractivity contribution in [1.29, 1.82) is 0 Å². The number of ketones is 1. The van der Waals surface area contributed by atoms with E-state index in [4.69, 9.17) is 9.47 Å². The van der Waals surface area contributed by atoms with Gasteiger partial charge in [-0.1, -0.05) is 62.3 Å². The topological polar surface area (TPSA) is 76.7 Å². The van der Waals surface area contributed by atoms with Gasteiger partial charge in [0.05, 0.1) is 13.2 Å². The Balaban J connectivity index is 0. The second-order valence-electron chi connectivity index (χ2n) is 10.9. The smallest absolute Gasteiger partial charge is 0.220 e. The molecule has 1 unspecified atom stereocenters. The van der Waals surface area contributed by atoms with Crippen molar-refractivity contribution in [3.63, 3.8) is 0 Å². The first-order chi connectivity index (χ1) is 14.0. The normalized spacial score (nSPS) is 14.3. The summed E-state index contributed by atoms with van der Waals surface area (Å²) >= 11 is 0. The van der Waals surface area contributed by atoms with Crippen LogP contribution in [-0.2, 0) is 19.1 Å². The Hall–Kier alpha value is -0.980. The molecule has 0 spiro atoms. The van der Waals surface area contributed by atoms with Gasteiger partial charge in [0.25, 0.3) is 0 Å². The molecule has 0 bridgehead atoms. The molecule has 6 heteroatoms. The highest BCUT2D eigenvalue weighted by Crippen LogP contribution is 2.38. The zero-order valence-corrected chi connectivity index (χ0v) is 22.6. The maximum atomic E-state index is 12.4. The minimum absolute atomic E-state index is 0.00536. The number of nitrogens with one attached hydrogen (secondary N) is 2. The molecule has 2 N–H and O–H groups in total. The van der Waals surface area contributed by atoms with Crippen molar-refractivity contribution in [2.45, 2.75) is 101 Å². The second kappa shape index (κ2) is 14.2. The summed E-state index contributed by atoms with van der Waals surface area (Å²) in [6, 6.07) is 0.